The highest BCUT2D eigenvalue weighted by molar-refractivity contribution is 5.97. The van der Waals surface area contributed by atoms with Crippen LogP contribution >= 0.6 is 0 Å². The molecule has 0 spiro atoms. The fraction of sp³-hybridized carbons (Fsp3) is 0.467. The standard InChI is InChI=1S/C15H19NO3/c1-15(2)7-6-12(9-15)16-13(17)10-4-3-5-11(8-10)14(18)19/h3-5,8,12H,6-7,9H2,1-2H3,(H,16,17)(H,18,19). The van der Waals surface area contributed by atoms with E-state index in [-0.39, 0.29) is 22.9 Å². The quantitative estimate of drug-likeness (QED) is 0.879. The molecule has 4 nitrogen and oxygen atoms in total. The zero-order chi connectivity index (χ0) is 14.0. The number of rotatable bonds is 3. The summed E-state index contributed by atoms with van der Waals surface area (Å²) >= 11 is 0. The second kappa shape index (κ2) is 5.03. The van der Waals surface area contributed by atoms with Gasteiger partial charge in [-0.05, 0) is 42.9 Å². The van der Waals surface area contributed by atoms with Gasteiger partial charge in [-0.15, -0.1) is 0 Å². The molecule has 0 bridgehead atoms. The fourth-order valence-corrected chi connectivity index (χ4v) is 2.62. The lowest BCUT2D eigenvalue weighted by atomic mass is 9.92. The van der Waals surface area contributed by atoms with Gasteiger partial charge in [0.15, 0.2) is 0 Å². The number of hydrogen-bond donors (Lipinski definition) is 2. The van der Waals surface area contributed by atoms with E-state index in [0.29, 0.717) is 5.56 Å². The highest BCUT2D eigenvalue weighted by Gasteiger charge is 2.31. The molecule has 0 aliphatic heterocycles. The van der Waals surface area contributed by atoms with E-state index in [9.17, 15) is 9.59 Å². The number of aromatic carboxylic acids is 1. The van der Waals surface area contributed by atoms with Gasteiger partial charge in [0.25, 0.3) is 5.91 Å². The van der Waals surface area contributed by atoms with Crippen LogP contribution in [-0.4, -0.2) is 23.0 Å². The molecule has 0 radical (unpaired) electrons. The molecule has 19 heavy (non-hydrogen) atoms. The molecule has 1 aromatic rings. The smallest absolute Gasteiger partial charge is 0.335 e. The van der Waals surface area contributed by atoms with Gasteiger partial charge in [0.05, 0.1) is 5.56 Å². The van der Waals surface area contributed by atoms with E-state index in [1.165, 1.54) is 12.1 Å². The molecule has 1 atom stereocenters. The molecule has 1 saturated carbocycles. The van der Waals surface area contributed by atoms with Crippen LogP contribution in [0.5, 0.6) is 0 Å². The first-order valence-electron chi connectivity index (χ1n) is 6.52. The van der Waals surface area contributed by atoms with Crippen molar-refractivity contribution < 1.29 is 14.7 Å². The summed E-state index contributed by atoms with van der Waals surface area (Å²) in [6.45, 7) is 4.40. The summed E-state index contributed by atoms with van der Waals surface area (Å²) in [6.07, 6.45) is 3.06. The number of carbonyl (C=O) groups excluding carboxylic acids is 1. The molecule has 102 valence electrons. The number of amides is 1. The molecule has 1 amide bonds. The molecule has 1 fully saturated rings. The summed E-state index contributed by atoms with van der Waals surface area (Å²) in [5.41, 5.74) is 0.824. The van der Waals surface area contributed by atoms with E-state index in [4.69, 9.17) is 5.11 Å². The Morgan fingerprint density at radius 3 is 2.58 bits per heavy atom. The van der Waals surface area contributed by atoms with Crippen LogP contribution in [0.25, 0.3) is 0 Å². The maximum atomic E-state index is 12.1. The number of carbonyl (C=O) groups is 2. The van der Waals surface area contributed by atoms with Gasteiger partial charge in [-0.25, -0.2) is 4.79 Å². The van der Waals surface area contributed by atoms with Crippen molar-refractivity contribution in [2.24, 2.45) is 5.41 Å². The lowest BCUT2D eigenvalue weighted by molar-refractivity contribution is 0.0697. The summed E-state index contributed by atoms with van der Waals surface area (Å²) in [4.78, 5) is 23.0. The largest absolute Gasteiger partial charge is 0.478 e. The Balaban J connectivity index is 2.04. The van der Waals surface area contributed by atoms with E-state index < -0.39 is 5.97 Å². The second-order valence-electron chi connectivity index (χ2n) is 5.96. The number of hydrogen-bond acceptors (Lipinski definition) is 2. The van der Waals surface area contributed by atoms with Crippen molar-refractivity contribution in [2.75, 3.05) is 0 Å². The Morgan fingerprint density at radius 2 is 2.00 bits per heavy atom. The third-order valence-electron chi connectivity index (χ3n) is 3.68. The summed E-state index contributed by atoms with van der Waals surface area (Å²) in [7, 11) is 0. The third kappa shape index (κ3) is 3.34. The van der Waals surface area contributed by atoms with E-state index in [0.717, 1.165) is 19.3 Å². The highest BCUT2D eigenvalue weighted by atomic mass is 16.4. The van der Waals surface area contributed by atoms with Crippen LogP contribution in [0.3, 0.4) is 0 Å². The van der Waals surface area contributed by atoms with Gasteiger partial charge in [0, 0.05) is 11.6 Å². The topological polar surface area (TPSA) is 66.4 Å². The lowest BCUT2D eigenvalue weighted by Gasteiger charge is -2.17. The molecule has 0 saturated heterocycles. The highest BCUT2D eigenvalue weighted by Crippen LogP contribution is 2.36. The predicted octanol–water partition coefficient (Wildman–Crippen LogP) is 2.69. The Labute approximate surface area is 112 Å². The Kier molecular flexibility index (Phi) is 3.60. The molecule has 0 aromatic heterocycles. The molecule has 1 aliphatic carbocycles. The third-order valence-corrected chi connectivity index (χ3v) is 3.68. The minimum Gasteiger partial charge on any atom is -0.478 e. The van der Waals surface area contributed by atoms with Gasteiger partial charge < -0.3 is 10.4 Å². The van der Waals surface area contributed by atoms with Crippen LogP contribution in [0, 0.1) is 5.41 Å². The van der Waals surface area contributed by atoms with Crippen molar-refractivity contribution >= 4 is 11.9 Å². The summed E-state index contributed by atoms with van der Waals surface area (Å²) in [5.74, 6) is -1.21. The molecule has 2 N–H and O–H groups in total. The fourth-order valence-electron chi connectivity index (χ4n) is 2.62. The zero-order valence-corrected chi connectivity index (χ0v) is 11.3. The Bertz CT molecular complexity index is 508. The minimum absolute atomic E-state index is 0.138. The number of carboxylic acid groups (broad SMARTS) is 1. The first-order valence-corrected chi connectivity index (χ1v) is 6.52. The minimum atomic E-state index is -1.02. The predicted molar refractivity (Wildman–Crippen MR) is 72.3 cm³/mol. The van der Waals surface area contributed by atoms with Crippen molar-refractivity contribution in [1.82, 2.24) is 5.32 Å². The van der Waals surface area contributed by atoms with Crippen LogP contribution in [0.15, 0.2) is 24.3 Å². The zero-order valence-electron chi connectivity index (χ0n) is 11.3. The first kappa shape index (κ1) is 13.6. The summed E-state index contributed by atoms with van der Waals surface area (Å²) < 4.78 is 0. The normalized spacial score (nSPS) is 21.1. The van der Waals surface area contributed by atoms with Gasteiger partial charge >= 0.3 is 5.97 Å². The van der Waals surface area contributed by atoms with Gasteiger partial charge in [-0.3, -0.25) is 4.79 Å². The van der Waals surface area contributed by atoms with Crippen molar-refractivity contribution in [1.29, 1.82) is 0 Å². The molecule has 0 heterocycles. The molecule has 4 heteroatoms. The van der Waals surface area contributed by atoms with Crippen molar-refractivity contribution in [3.05, 3.63) is 35.4 Å². The maximum absolute atomic E-state index is 12.1. The first-order chi connectivity index (χ1) is 8.87. The average molecular weight is 261 g/mol. The van der Waals surface area contributed by atoms with Crippen molar-refractivity contribution in [2.45, 2.75) is 39.2 Å². The number of benzene rings is 1. The second-order valence-corrected chi connectivity index (χ2v) is 5.96. The van der Waals surface area contributed by atoms with Crippen LogP contribution in [-0.2, 0) is 0 Å². The molecule has 1 aliphatic rings. The molecular weight excluding hydrogens is 242 g/mol. The average Bonchev–Trinajstić information content (AvgIpc) is 2.68. The maximum Gasteiger partial charge on any atom is 0.335 e. The lowest BCUT2D eigenvalue weighted by Crippen LogP contribution is -2.33. The van der Waals surface area contributed by atoms with Crippen LogP contribution in [0.2, 0.25) is 0 Å². The van der Waals surface area contributed by atoms with Crippen LogP contribution in [0.1, 0.15) is 53.8 Å². The summed E-state index contributed by atoms with van der Waals surface area (Å²) in [5, 5.41) is 11.9. The van der Waals surface area contributed by atoms with Crippen LogP contribution in [0.4, 0.5) is 0 Å². The number of nitrogens with one attached hydrogen (secondary N) is 1. The molecule has 2 rings (SSSR count). The molecular formula is C15H19NO3. The Hall–Kier alpha value is -1.84. The van der Waals surface area contributed by atoms with E-state index in [1.54, 1.807) is 12.1 Å². The van der Waals surface area contributed by atoms with E-state index >= 15 is 0 Å². The van der Waals surface area contributed by atoms with Gasteiger partial charge in [-0.2, -0.15) is 0 Å². The SMILES string of the molecule is CC1(C)CCC(NC(=O)c2cccc(C(=O)O)c2)C1. The monoisotopic (exact) mass is 261 g/mol. The van der Waals surface area contributed by atoms with Crippen molar-refractivity contribution in [3.63, 3.8) is 0 Å². The molecule has 1 aromatic carbocycles. The Morgan fingerprint density at radius 1 is 1.32 bits per heavy atom. The van der Waals surface area contributed by atoms with Gasteiger partial charge in [0.2, 0.25) is 0 Å². The van der Waals surface area contributed by atoms with Crippen LogP contribution < -0.4 is 5.32 Å². The number of carboxylic acids is 1. The van der Waals surface area contributed by atoms with E-state index in [2.05, 4.69) is 19.2 Å². The van der Waals surface area contributed by atoms with Gasteiger partial charge in [-0.1, -0.05) is 19.9 Å². The molecule has 1 unspecified atom stereocenters. The summed E-state index contributed by atoms with van der Waals surface area (Å²) in [6, 6.07) is 6.32. The van der Waals surface area contributed by atoms with Gasteiger partial charge in [0.1, 0.15) is 0 Å². The van der Waals surface area contributed by atoms with Crippen molar-refractivity contribution in [3.8, 4) is 0 Å². The van der Waals surface area contributed by atoms with E-state index in [1.807, 2.05) is 0 Å².